The average molecular weight is 580 g/mol. The van der Waals surface area contributed by atoms with Crippen LogP contribution in [-0.4, -0.2) is 43.8 Å². The first kappa shape index (κ1) is 30.2. The van der Waals surface area contributed by atoms with Gasteiger partial charge in [-0.05, 0) is 62.1 Å². The molecule has 1 atom stereocenters. The summed E-state index contributed by atoms with van der Waals surface area (Å²) in [4.78, 5) is 28.7. The summed E-state index contributed by atoms with van der Waals surface area (Å²) in [5.74, 6) is -1.46. The van der Waals surface area contributed by atoms with Gasteiger partial charge in [0.1, 0.15) is 18.4 Å². The Hall–Kier alpha value is -3.72. The largest absolute Gasteiger partial charge is 0.352 e. The number of hydrogen-bond acceptors (Lipinski definition) is 4. The highest BCUT2D eigenvalue weighted by Gasteiger charge is 2.33. The molecule has 41 heavy (non-hydrogen) atoms. The van der Waals surface area contributed by atoms with Crippen LogP contribution in [0.2, 0.25) is 0 Å². The van der Waals surface area contributed by atoms with Crippen LogP contribution in [0.1, 0.15) is 57.1 Å². The van der Waals surface area contributed by atoms with E-state index in [9.17, 15) is 22.4 Å². The van der Waals surface area contributed by atoms with Gasteiger partial charge in [0.25, 0.3) is 10.0 Å². The fourth-order valence-electron chi connectivity index (χ4n) is 5.11. The van der Waals surface area contributed by atoms with Crippen molar-refractivity contribution in [2.24, 2.45) is 0 Å². The van der Waals surface area contributed by atoms with Crippen molar-refractivity contribution in [1.82, 2.24) is 10.2 Å². The Morgan fingerprint density at radius 2 is 1.56 bits per heavy atom. The lowest BCUT2D eigenvalue weighted by molar-refractivity contribution is -0.139. The minimum Gasteiger partial charge on any atom is -0.352 e. The Morgan fingerprint density at radius 1 is 0.927 bits per heavy atom. The average Bonchev–Trinajstić information content (AvgIpc) is 3.00. The summed E-state index contributed by atoms with van der Waals surface area (Å²) < 4.78 is 43.5. The quantitative estimate of drug-likeness (QED) is 0.327. The smallest absolute Gasteiger partial charge is 0.264 e. The van der Waals surface area contributed by atoms with Crippen molar-refractivity contribution in [3.8, 4) is 0 Å². The highest BCUT2D eigenvalue weighted by atomic mass is 32.2. The third-order valence-electron chi connectivity index (χ3n) is 7.66. The molecule has 1 N–H and O–H groups in total. The van der Waals surface area contributed by atoms with E-state index in [0.29, 0.717) is 5.69 Å². The van der Waals surface area contributed by atoms with E-state index >= 15 is 0 Å². The summed E-state index contributed by atoms with van der Waals surface area (Å²) in [6.07, 6.45) is 5.70. The second-order valence-electron chi connectivity index (χ2n) is 10.5. The fourth-order valence-corrected chi connectivity index (χ4v) is 6.54. The fraction of sp³-hybridized carbons (Fsp3) is 0.375. The van der Waals surface area contributed by atoms with E-state index in [1.807, 2.05) is 19.1 Å². The lowest BCUT2D eigenvalue weighted by atomic mass is 9.95. The number of rotatable bonds is 11. The Morgan fingerprint density at radius 3 is 2.20 bits per heavy atom. The summed E-state index contributed by atoms with van der Waals surface area (Å²) in [7, 11) is -4.14. The lowest BCUT2D eigenvalue weighted by Crippen LogP contribution is -2.53. The van der Waals surface area contributed by atoms with Gasteiger partial charge in [0, 0.05) is 18.2 Å². The molecule has 0 heterocycles. The lowest BCUT2D eigenvalue weighted by Gasteiger charge is -2.33. The minimum absolute atomic E-state index is 0.0242. The second-order valence-corrected chi connectivity index (χ2v) is 12.3. The highest BCUT2D eigenvalue weighted by molar-refractivity contribution is 7.92. The van der Waals surface area contributed by atoms with Gasteiger partial charge in [0.05, 0.1) is 10.6 Å². The van der Waals surface area contributed by atoms with E-state index in [-0.39, 0.29) is 29.0 Å². The number of amides is 2. The molecule has 4 rings (SSSR count). The van der Waals surface area contributed by atoms with E-state index in [2.05, 4.69) is 5.32 Å². The first-order valence-electron chi connectivity index (χ1n) is 14.2. The van der Waals surface area contributed by atoms with Gasteiger partial charge in [-0.15, -0.1) is 0 Å². The molecule has 218 valence electrons. The third-order valence-corrected chi connectivity index (χ3v) is 9.45. The Balaban J connectivity index is 1.67. The Kier molecular flexibility index (Phi) is 10.2. The Labute approximate surface area is 242 Å². The summed E-state index contributed by atoms with van der Waals surface area (Å²) in [5, 5.41) is 3.05. The number of nitrogens with zero attached hydrogens (tertiary/aromatic N) is 2. The zero-order valence-electron chi connectivity index (χ0n) is 23.6. The molecule has 7 nitrogen and oxygen atoms in total. The van der Waals surface area contributed by atoms with E-state index in [4.69, 9.17) is 0 Å². The summed E-state index contributed by atoms with van der Waals surface area (Å²) >= 11 is 0. The molecule has 0 unspecified atom stereocenters. The Bertz CT molecular complexity index is 1420. The number of nitrogens with one attached hydrogen (secondary N) is 1. The SMILES string of the molecule is CCc1ccc(N(CC(=O)N(Cc2ccccc2F)[C@H](C)C(=O)NC2CCCCC2)S(=O)(=O)c2ccccc2)cc1. The molecule has 0 saturated heterocycles. The number of halogens is 1. The maximum Gasteiger partial charge on any atom is 0.264 e. The van der Waals surface area contributed by atoms with Gasteiger partial charge in [-0.2, -0.15) is 0 Å². The molecule has 9 heteroatoms. The molecular formula is C32H38FN3O4S. The van der Waals surface area contributed by atoms with Crippen LogP contribution in [0.25, 0.3) is 0 Å². The van der Waals surface area contributed by atoms with Crippen LogP contribution >= 0.6 is 0 Å². The van der Waals surface area contributed by atoms with Crippen molar-refractivity contribution in [3.05, 3.63) is 95.8 Å². The molecule has 0 aromatic heterocycles. The van der Waals surface area contributed by atoms with Gasteiger partial charge in [0.15, 0.2) is 0 Å². The van der Waals surface area contributed by atoms with Crippen molar-refractivity contribution >= 4 is 27.5 Å². The maximum absolute atomic E-state index is 14.7. The number of aryl methyl sites for hydroxylation is 1. The van der Waals surface area contributed by atoms with Crippen LogP contribution in [0.5, 0.6) is 0 Å². The molecule has 0 bridgehead atoms. The number of carbonyl (C=O) groups excluding carboxylic acids is 2. The van der Waals surface area contributed by atoms with E-state index in [1.165, 1.54) is 23.1 Å². The summed E-state index contributed by atoms with van der Waals surface area (Å²) in [6.45, 7) is 2.86. The zero-order valence-corrected chi connectivity index (χ0v) is 24.4. The number of sulfonamides is 1. The minimum atomic E-state index is -4.14. The van der Waals surface area contributed by atoms with Crippen molar-refractivity contribution in [3.63, 3.8) is 0 Å². The van der Waals surface area contributed by atoms with Gasteiger partial charge in [-0.25, -0.2) is 12.8 Å². The van der Waals surface area contributed by atoms with Crippen LogP contribution in [0.3, 0.4) is 0 Å². The molecule has 3 aromatic carbocycles. The standard InChI is InChI=1S/C32H38FN3O4S/c1-3-25-18-20-28(21-19-25)36(41(39,40)29-15-8-5-9-16-29)23-31(37)35(22-26-12-10-11-17-30(26)33)24(2)32(38)34-27-13-6-4-7-14-27/h5,8-12,15-21,24,27H,3-4,6-7,13-14,22-23H2,1-2H3,(H,34,38)/t24-/m1/s1. The number of hydrogen-bond donors (Lipinski definition) is 1. The topological polar surface area (TPSA) is 86.8 Å². The molecule has 1 fully saturated rings. The first-order valence-corrected chi connectivity index (χ1v) is 15.6. The van der Waals surface area contributed by atoms with E-state index < -0.39 is 34.3 Å². The van der Waals surface area contributed by atoms with Crippen LogP contribution in [0.4, 0.5) is 10.1 Å². The van der Waals surface area contributed by atoms with Crippen molar-refractivity contribution in [1.29, 1.82) is 0 Å². The summed E-state index contributed by atoms with van der Waals surface area (Å²) in [5.41, 5.74) is 1.58. The predicted octanol–water partition coefficient (Wildman–Crippen LogP) is 5.45. The number of carbonyl (C=O) groups is 2. The molecule has 1 aliphatic carbocycles. The third kappa shape index (κ3) is 7.52. The number of anilines is 1. The van der Waals surface area contributed by atoms with Crippen LogP contribution in [-0.2, 0) is 32.6 Å². The van der Waals surface area contributed by atoms with Crippen LogP contribution < -0.4 is 9.62 Å². The predicted molar refractivity (Wildman–Crippen MR) is 158 cm³/mol. The molecule has 0 radical (unpaired) electrons. The van der Waals surface area contributed by atoms with Crippen molar-refractivity contribution < 1.29 is 22.4 Å². The number of benzene rings is 3. The normalized spacial score (nSPS) is 14.7. The van der Waals surface area contributed by atoms with Crippen LogP contribution in [0.15, 0.2) is 83.8 Å². The van der Waals surface area contributed by atoms with Gasteiger partial charge >= 0.3 is 0 Å². The van der Waals surface area contributed by atoms with Gasteiger partial charge in [-0.3, -0.25) is 13.9 Å². The monoisotopic (exact) mass is 579 g/mol. The van der Waals surface area contributed by atoms with Crippen LogP contribution in [0, 0.1) is 5.82 Å². The zero-order chi connectivity index (χ0) is 29.4. The van der Waals surface area contributed by atoms with Gasteiger partial charge < -0.3 is 10.2 Å². The first-order chi connectivity index (χ1) is 19.7. The maximum atomic E-state index is 14.7. The molecule has 1 aliphatic rings. The molecule has 0 spiro atoms. The molecular weight excluding hydrogens is 541 g/mol. The van der Waals surface area contributed by atoms with Crippen molar-refractivity contribution in [2.75, 3.05) is 10.8 Å². The molecule has 3 aromatic rings. The van der Waals surface area contributed by atoms with Crippen molar-refractivity contribution in [2.45, 2.75) is 75.9 Å². The van der Waals surface area contributed by atoms with Gasteiger partial charge in [-0.1, -0.05) is 74.7 Å². The van der Waals surface area contributed by atoms with E-state index in [1.54, 1.807) is 55.5 Å². The van der Waals surface area contributed by atoms with Gasteiger partial charge in [0.2, 0.25) is 11.8 Å². The molecule has 0 aliphatic heterocycles. The molecule has 1 saturated carbocycles. The molecule has 2 amide bonds. The highest BCUT2D eigenvalue weighted by Crippen LogP contribution is 2.25. The van der Waals surface area contributed by atoms with E-state index in [0.717, 1.165) is 48.4 Å². The summed E-state index contributed by atoms with van der Waals surface area (Å²) in [6, 6.07) is 20.1. The second kappa shape index (κ2) is 13.8.